The Morgan fingerprint density at radius 1 is 1.13 bits per heavy atom. The predicted molar refractivity (Wildman–Crippen MR) is 89.8 cm³/mol. The summed E-state index contributed by atoms with van der Waals surface area (Å²) < 4.78 is 5.20. The number of alkyl carbamates (subject to hydrolysis) is 1. The van der Waals surface area contributed by atoms with Gasteiger partial charge in [-0.1, -0.05) is 66.7 Å². The maximum atomic E-state index is 12.0. The standard InChI is InChI=1S/C19H21NO3/c1-2-9-17(18(21)16-12-7-4-8-13-16)20-19(22)23-14-15-10-5-3-6-11-15/h2-8,10-13,17-18,21H,1,9,14H2,(H,20,22)/t17-,18+/m0/s1. The fourth-order valence-electron chi connectivity index (χ4n) is 2.24. The third kappa shape index (κ3) is 5.27. The summed E-state index contributed by atoms with van der Waals surface area (Å²) in [6.07, 6.45) is 0.722. The average Bonchev–Trinajstić information content (AvgIpc) is 2.60. The quantitative estimate of drug-likeness (QED) is 0.768. The molecule has 4 nitrogen and oxygen atoms in total. The number of amides is 1. The number of rotatable bonds is 7. The lowest BCUT2D eigenvalue weighted by Crippen LogP contribution is -2.39. The summed E-state index contributed by atoms with van der Waals surface area (Å²) in [6, 6.07) is 18.1. The van der Waals surface area contributed by atoms with E-state index in [1.165, 1.54) is 0 Å². The van der Waals surface area contributed by atoms with Crippen LogP contribution in [0.3, 0.4) is 0 Å². The molecule has 0 saturated heterocycles. The van der Waals surface area contributed by atoms with Gasteiger partial charge in [0, 0.05) is 0 Å². The SMILES string of the molecule is C=CC[C@H](NC(=O)OCc1ccccc1)[C@H](O)c1ccccc1. The fraction of sp³-hybridized carbons (Fsp3) is 0.211. The zero-order valence-corrected chi connectivity index (χ0v) is 12.9. The first kappa shape index (κ1) is 16.8. The van der Waals surface area contributed by atoms with Crippen molar-refractivity contribution in [1.82, 2.24) is 5.32 Å². The zero-order chi connectivity index (χ0) is 16.5. The molecule has 0 spiro atoms. The normalized spacial score (nSPS) is 12.9. The molecule has 2 aromatic rings. The first-order valence-electron chi connectivity index (χ1n) is 7.52. The molecule has 0 aliphatic heterocycles. The summed E-state index contributed by atoms with van der Waals surface area (Å²) in [5.41, 5.74) is 1.65. The molecule has 0 heterocycles. The molecule has 0 aliphatic rings. The van der Waals surface area contributed by atoms with Crippen LogP contribution in [0.4, 0.5) is 4.79 Å². The minimum absolute atomic E-state index is 0.189. The van der Waals surface area contributed by atoms with E-state index in [0.29, 0.717) is 6.42 Å². The second kappa shape index (κ2) is 8.76. The van der Waals surface area contributed by atoms with Crippen LogP contribution in [0.1, 0.15) is 23.7 Å². The largest absolute Gasteiger partial charge is 0.445 e. The van der Waals surface area contributed by atoms with Crippen LogP contribution in [-0.4, -0.2) is 17.2 Å². The van der Waals surface area contributed by atoms with Crippen molar-refractivity contribution >= 4 is 6.09 Å². The molecular formula is C19H21NO3. The van der Waals surface area contributed by atoms with E-state index >= 15 is 0 Å². The van der Waals surface area contributed by atoms with E-state index in [1.807, 2.05) is 60.7 Å². The van der Waals surface area contributed by atoms with Crippen LogP contribution in [0.15, 0.2) is 73.3 Å². The second-order valence-electron chi connectivity index (χ2n) is 5.19. The maximum absolute atomic E-state index is 12.0. The Bertz CT molecular complexity index is 613. The van der Waals surface area contributed by atoms with Crippen molar-refractivity contribution < 1.29 is 14.6 Å². The summed E-state index contributed by atoms with van der Waals surface area (Å²) in [5, 5.41) is 13.1. The summed E-state index contributed by atoms with van der Waals surface area (Å²) in [7, 11) is 0. The minimum atomic E-state index is -0.821. The smallest absolute Gasteiger partial charge is 0.407 e. The number of hydrogen-bond donors (Lipinski definition) is 2. The number of aliphatic hydroxyl groups excluding tert-OH is 1. The number of carbonyl (C=O) groups excluding carboxylic acids is 1. The highest BCUT2D eigenvalue weighted by Crippen LogP contribution is 2.19. The molecule has 0 fully saturated rings. The van der Waals surface area contributed by atoms with Gasteiger partial charge in [-0.2, -0.15) is 0 Å². The van der Waals surface area contributed by atoms with Crippen LogP contribution >= 0.6 is 0 Å². The van der Waals surface area contributed by atoms with E-state index in [-0.39, 0.29) is 6.61 Å². The number of carbonyl (C=O) groups is 1. The molecular weight excluding hydrogens is 290 g/mol. The van der Waals surface area contributed by atoms with Gasteiger partial charge in [-0.05, 0) is 17.5 Å². The van der Waals surface area contributed by atoms with E-state index in [1.54, 1.807) is 6.08 Å². The Morgan fingerprint density at radius 3 is 2.35 bits per heavy atom. The van der Waals surface area contributed by atoms with Gasteiger partial charge in [-0.15, -0.1) is 6.58 Å². The topological polar surface area (TPSA) is 58.6 Å². The number of hydrogen-bond acceptors (Lipinski definition) is 3. The lowest BCUT2D eigenvalue weighted by molar-refractivity contribution is 0.102. The third-order valence-corrected chi connectivity index (χ3v) is 3.46. The molecule has 0 bridgehead atoms. The Hall–Kier alpha value is -2.59. The third-order valence-electron chi connectivity index (χ3n) is 3.46. The van der Waals surface area contributed by atoms with Crippen LogP contribution in [0.5, 0.6) is 0 Å². The van der Waals surface area contributed by atoms with Gasteiger partial charge in [0.25, 0.3) is 0 Å². The zero-order valence-electron chi connectivity index (χ0n) is 12.9. The van der Waals surface area contributed by atoms with Gasteiger partial charge in [0.15, 0.2) is 0 Å². The van der Waals surface area contributed by atoms with E-state index < -0.39 is 18.2 Å². The van der Waals surface area contributed by atoms with Gasteiger partial charge < -0.3 is 15.2 Å². The van der Waals surface area contributed by atoms with E-state index in [2.05, 4.69) is 11.9 Å². The van der Waals surface area contributed by atoms with Crippen molar-refractivity contribution in [3.05, 3.63) is 84.4 Å². The highest BCUT2D eigenvalue weighted by Gasteiger charge is 2.22. The molecule has 120 valence electrons. The Morgan fingerprint density at radius 2 is 1.74 bits per heavy atom. The van der Waals surface area contributed by atoms with Gasteiger partial charge in [0.05, 0.1) is 12.1 Å². The predicted octanol–water partition coefficient (Wildman–Crippen LogP) is 3.59. The summed E-state index contributed by atoms with van der Waals surface area (Å²) in [6.45, 7) is 3.86. The van der Waals surface area contributed by atoms with Crippen molar-refractivity contribution in [2.45, 2.75) is 25.2 Å². The minimum Gasteiger partial charge on any atom is -0.445 e. The molecule has 0 aromatic heterocycles. The number of ether oxygens (including phenoxy) is 1. The van der Waals surface area contributed by atoms with Gasteiger partial charge in [0.1, 0.15) is 6.61 Å². The summed E-state index contributed by atoms with van der Waals surface area (Å²) in [5.74, 6) is 0. The van der Waals surface area contributed by atoms with Crippen molar-refractivity contribution in [2.75, 3.05) is 0 Å². The molecule has 1 amide bonds. The monoisotopic (exact) mass is 311 g/mol. The molecule has 2 N–H and O–H groups in total. The van der Waals surface area contributed by atoms with Crippen molar-refractivity contribution in [3.8, 4) is 0 Å². The molecule has 4 heteroatoms. The van der Waals surface area contributed by atoms with E-state index in [9.17, 15) is 9.90 Å². The highest BCUT2D eigenvalue weighted by molar-refractivity contribution is 5.67. The average molecular weight is 311 g/mol. The van der Waals surface area contributed by atoms with Crippen LogP contribution in [0.2, 0.25) is 0 Å². The van der Waals surface area contributed by atoms with Crippen LogP contribution < -0.4 is 5.32 Å². The molecule has 0 aliphatic carbocycles. The first-order chi connectivity index (χ1) is 11.2. The van der Waals surface area contributed by atoms with E-state index in [0.717, 1.165) is 11.1 Å². The lowest BCUT2D eigenvalue weighted by Gasteiger charge is -2.23. The Kier molecular flexibility index (Phi) is 6.39. The Labute approximate surface area is 136 Å². The molecule has 0 radical (unpaired) electrons. The maximum Gasteiger partial charge on any atom is 0.407 e. The molecule has 2 rings (SSSR count). The van der Waals surface area contributed by atoms with E-state index in [4.69, 9.17) is 4.74 Å². The van der Waals surface area contributed by atoms with Gasteiger partial charge in [-0.3, -0.25) is 0 Å². The van der Waals surface area contributed by atoms with Gasteiger partial charge in [0.2, 0.25) is 0 Å². The van der Waals surface area contributed by atoms with Crippen molar-refractivity contribution in [2.24, 2.45) is 0 Å². The molecule has 23 heavy (non-hydrogen) atoms. The van der Waals surface area contributed by atoms with Crippen molar-refractivity contribution in [1.29, 1.82) is 0 Å². The number of nitrogens with one attached hydrogen (secondary N) is 1. The molecule has 0 unspecified atom stereocenters. The Balaban J connectivity index is 1.93. The number of benzene rings is 2. The summed E-state index contributed by atoms with van der Waals surface area (Å²) in [4.78, 5) is 12.0. The van der Waals surface area contributed by atoms with Crippen LogP contribution in [0, 0.1) is 0 Å². The van der Waals surface area contributed by atoms with Gasteiger partial charge in [-0.25, -0.2) is 4.79 Å². The van der Waals surface area contributed by atoms with Gasteiger partial charge >= 0.3 is 6.09 Å². The van der Waals surface area contributed by atoms with Crippen LogP contribution in [-0.2, 0) is 11.3 Å². The molecule has 2 atom stereocenters. The fourth-order valence-corrected chi connectivity index (χ4v) is 2.24. The summed E-state index contributed by atoms with van der Waals surface area (Å²) >= 11 is 0. The second-order valence-corrected chi connectivity index (χ2v) is 5.19. The van der Waals surface area contributed by atoms with Crippen LogP contribution in [0.25, 0.3) is 0 Å². The number of aliphatic hydroxyl groups is 1. The highest BCUT2D eigenvalue weighted by atomic mass is 16.5. The molecule has 2 aromatic carbocycles. The van der Waals surface area contributed by atoms with Crippen molar-refractivity contribution in [3.63, 3.8) is 0 Å². The first-order valence-corrected chi connectivity index (χ1v) is 7.52. The lowest BCUT2D eigenvalue weighted by atomic mass is 10.00. The molecule has 0 saturated carbocycles.